The Morgan fingerprint density at radius 3 is 2.90 bits per heavy atom. The van der Waals surface area contributed by atoms with Crippen LogP contribution in [0.1, 0.15) is 38.5 Å². The number of benzene rings is 1. The van der Waals surface area contributed by atoms with E-state index < -0.39 is 0 Å². The predicted octanol–water partition coefficient (Wildman–Crippen LogP) is 4.20. The number of anilines is 2. The Morgan fingerprint density at radius 2 is 2.05 bits per heavy atom. The molecule has 1 aromatic carbocycles. The van der Waals surface area contributed by atoms with E-state index in [0.717, 1.165) is 34.7 Å². The lowest BCUT2D eigenvalue weighted by molar-refractivity contribution is 0.491. The third-order valence-electron chi connectivity index (χ3n) is 4.38. The molecule has 0 unspecified atom stereocenters. The summed E-state index contributed by atoms with van der Waals surface area (Å²) in [7, 11) is 0. The van der Waals surface area contributed by atoms with E-state index in [1.807, 2.05) is 30.5 Å². The summed E-state index contributed by atoms with van der Waals surface area (Å²) in [5.41, 5.74) is 8.87. The molecule has 0 aliphatic heterocycles. The molecule has 3 heteroatoms. The molecule has 1 heterocycles. The van der Waals surface area contributed by atoms with Crippen LogP contribution in [0.25, 0.3) is 10.9 Å². The van der Waals surface area contributed by atoms with Gasteiger partial charge in [-0.2, -0.15) is 0 Å². The molecule has 2 aromatic rings. The Bertz CT molecular complexity index is 573. The van der Waals surface area contributed by atoms with E-state index in [4.69, 9.17) is 5.73 Å². The number of rotatable bonds is 5. The number of fused-ring (bicyclic) bond motifs is 1. The van der Waals surface area contributed by atoms with Crippen LogP contribution >= 0.6 is 0 Å². The molecule has 3 rings (SSSR count). The molecule has 1 aromatic heterocycles. The van der Waals surface area contributed by atoms with Gasteiger partial charge in [-0.25, -0.2) is 0 Å². The standard InChI is InChI=1S/C17H23N3/c18-15-9-10-16(17-14(15)8-4-12-20-17)19-11-3-7-13-5-1-2-6-13/h4,8-10,12-13,19H,1-3,5-7,11,18H2. The quantitative estimate of drug-likeness (QED) is 0.632. The first-order valence-corrected chi connectivity index (χ1v) is 7.71. The summed E-state index contributed by atoms with van der Waals surface area (Å²) in [6.07, 6.45) is 10.2. The average molecular weight is 269 g/mol. The van der Waals surface area contributed by atoms with E-state index in [2.05, 4.69) is 10.3 Å². The number of hydrogen-bond donors (Lipinski definition) is 2. The van der Waals surface area contributed by atoms with Gasteiger partial charge in [0.15, 0.2) is 0 Å². The Labute approximate surface area is 120 Å². The molecule has 0 spiro atoms. The summed E-state index contributed by atoms with van der Waals surface area (Å²) >= 11 is 0. The lowest BCUT2D eigenvalue weighted by Crippen LogP contribution is -2.05. The zero-order valence-corrected chi connectivity index (χ0v) is 11.9. The molecule has 20 heavy (non-hydrogen) atoms. The third-order valence-corrected chi connectivity index (χ3v) is 4.38. The Morgan fingerprint density at radius 1 is 1.20 bits per heavy atom. The van der Waals surface area contributed by atoms with Crippen LogP contribution in [0.15, 0.2) is 30.5 Å². The number of hydrogen-bond acceptors (Lipinski definition) is 3. The minimum absolute atomic E-state index is 0.796. The van der Waals surface area contributed by atoms with E-state index >= 15 is 0 Å². The van der Waals surface area contributed by atoms with Crippen molar-refractivity contribution in [2.45, 2.75) is 38.5 Å². The summed E-state index contributed by atoms with van der Waals surface area (Å²) in [4.78, 5) is 4.46. The fourth-order valence-corrected chi connectivity index (χ4v) is 3.25. The first kappa shape index (κ1) is 13.2. The summed E-state index contributed by atoms with van der Waals surface area (Å²) in [5.74, 6) is 0.970. The number of nitrogens with zero attached hydrogens (tertiary/aromatic N) is 1. The molecular formula is C17H23N3. The van der Waals surface area contributed by atoms with Crippen LogP contribution in [-0.4, -0.2) is 11.5 Å². The highest BCUT2D eigenvalue weighted by Gasteiger charge is 2.14. The van der Waals surface area contributed by atoms with Crippen molar-refractivity contribution in [2.75, 3.05) is 17.6 Å². The van der Waals surface area contributed by atoms with E-state index in [-0.39, 0.29) is 0 Å². The molecule has 106 valence electrons. The molecule has 0 bridgehead atoms. The first-order valence-electron chi connectivity index (χ1n) is 7.71. The Hall–Kier alpha value is -1.77. The van der Waals surface area contributed by atoms with Crippen LogP contribution in [-0.2, 0) is 0 Å². The second-order valence-electron chi connectivity index (χ2n) is 5.82. The largest absolute Gasteiger partial charge is 0.398 e. The van der Waals surface area contributed by atoms with Gasteiger partial charge in [-0.1, -0.05) is 25.7 Å². The van der Waals surface area contributed by atoms with E-state index in [1.165, 1.54) is 38.5 Å². The molecule has 3 nitrogen and oxygen atoms in total. The van der Waals surface area contributed by atoms with Gasteiger partial charge in [0.2, 0.25) is 0 Å². The van der Waals surface area contributed by atoms with Gasteiger partial charge in [-0.15, -0.1) is 0 Å². The minimum Gasteiger partial charge on any atom is -0.398 e. The topological polar surface area (TPSA) is 50.9 Å². The van der Waals surface area contributed by atoms with Crippen molar-refractivity contribution in [2.24, 2.45) is 5.92 Å². The smallest absolute Gasteiger partial charge is 0.0953 e. The Balaban J connectivity index is 1.61. The van der Waals surface area contributed by atoms with Gasteiger partial charge in [0.05, 0.1) is 11.2 Å². The van der Waals surface area contributed by atoms with Gasteiger partial charge in [0.25, 0.3) is 0 Å². The van der Waals surface area contributed by atoms with Crippen LogP contribution in [0.4, 0.5) is 11.4 Å². The highest BCUT2D eigenvalue weighted by Crippen LogP contribution is 2.29. The maximum atomic E-state index is 5.99. The second kappa shape index (κ2) is 6.12. The van der Waals surface area contributed by atoms with Crippen molar-refractivity contribution in [1.29, 1.82) is 0 Å². The van der Waals surface area contributed by atoms with Gasteiger partial charge >= 0.3 is 0 Å². The van der Waals surface area contributed by atoms with Gasteiger partial charge in [0, 0.05) is 23.8 Å². The molecule has 1 fully saturated rings. The van der Waals surface area contributed by atoms with Crippen LogP contribution in [0.5, 0.6) is 0 Å². The van der Waals surface area contributed by atoms with Crippen molar-refractivity contribution in [3.05, 3.63) is 30.5 Å². The Kier molecular flexibility index (Phi) is 4.05. The monoisotopic (exact) mass is 269 g/mol. The van der Waals surface area contributed by atoms with Gasteiger partial charge in [0.1, 0.15) is 0 Å². The van der Waals surface area contributed by atoms with Crippen molar-refractivity contribution in [3.63, 3.8) is 0 Å². The summed E-state index contributed by atoms with van der Waals surface area (Å²) in [6, 6.07) is 7.97. The number of nitrogens with two attached hydrogens (primary N) is 1. The fourth-order valence-electron chi connectivity index (χ4n) is 3.25. The molecule has 1 saturated carbocycles. The van der Waals surface area contributed by atoms with Gasteiger partial charge < -0.3 is 11.1 Å². The van der Waals surface area contributed by atoms with Crippen molar-refractivity contribution in [3.8, 4) is 0 Å². The lowest BCUT2D eigenvalue weighted by Gasteiger charge is -2.12. The highest BCUT2D eigenvalue weighted by molar-refractivity contribution is 5.98. The average Bonchev–Trinajstić information content (AvgIpc) is 2.99. The minimum atomic E-state index is 0.796. The SMILES string of the molecule is Nc1ccc(NCCCC2CCCC2)c2ncccc12. The molecule has 1 aliphatic carbocycles. The number of aromatic nitrogens is 1. The predicted molar refractivity (Wildman–Crippen MR) is 85.8 cm³/mol. The number of nitrogen functional groups attached to an aromatic ring is 1. The highest BCUT2D eigenvalue weighted by atomic mass is 14.9. The molecular weight excluding hydrogens is 246 g/mol. The summed E-state index contributed by atoms with van der Waals surface area (Å²) in [5, 5.41) is 4.56. The fraction of sp³-hybridized carbons (Fsp3) is 0.471. The maximum Gasteiger partial charge on any atom is 0.0953 e. The van der Waals surface area contributed by atoms with Crippen LogP contribution < -0.4 is 11.1 Å². The van der Waals surface area contributed by atoms with E-state index in [9.17, 15) is 0 Å². The zero-order chi connectivity index (χ0) is 13.8. The van der Waals surface area contributed by atoms with Crippen molar-refractivity contribution in [1.82, 2.24) is 4.98 Å². The zero-order valence-electron chi connectivity index (χ0n) is 11.9. The molecule has 0 saturated heterocycles. The van der Waals surface area contributed by atoms with E-state index in [1.54, 1.807) is 0 Å². The van der Waals surface area contributed by atoms with Crippen molar-refractivity contribution < 1.29 is 0 Å². The summed E-state index contributed by atoms with van der Waals surface area (Å²) in [6.45, 7) is 1.02. The van der Waals surface area contributed by atoms with E-state index in [0.29, 0.717) is 0 Å². The van der Waals surface area contributed by atoms with Crippen LogP contribution in [0.3, 0.4) is 0 Å². The van der Waals surface area contributed by atoms with Gasteiger partial charge in [-0.3, -0.25) is 4.98 Å². The summed E-state index contributed by atoms with van der Waals surface area (Å²) < 4.78 is 0. The normalized spacial score (nSPS) is 15.8. The molecule has 1 aliphatic rings. The molecule has 3 N–H and O–H groups in total. The first-order chi connectivity index (χ1) is 9.84. The number of pyridine rings is 1. The van der Waals surface area contributed by atoms with Gasteiger partial charge in [-0.05, 0) is 43.0 Å². The maximum absolute atomic E-state index is 5.99. The second-order valence-corrected chi connectivity index (χ2v) is 5.82. The molecule has 0 amide bonds. The molecule has 0 radical (unpaired) electrons. The van der Waals surface area contributed by atoms with Crippen LogP contribution in [0, 0.1) is 5.92 Å². The third kappa shape index (κ3) is 2.87. The number of nitrogens with one attached hydrogen (secondary N) is 1. The lowest BCUT2D eigenvalue weighted by atomic mass is 10.0. The molecule has 0 atom stereocenters. The van der Waals surface area contributed by atoms with Crippen molar-refractivity contribution >= 4 is 22.3 Å². The van der Waals surface area contributed by atoms with Crippen LogP contribution in [0.2, 0.25) is 0 Å².